The molecule has 0 unspecified atom stereocenters. The van der Waals surface area contributed by atoms with E-state index in [0.717, 1.165) is 44.2 Å². The quantitative estimate of drug-likeness (QED) is 0.217. The predicted molar refractivity (Wildman–Crippen MR) is 141 cm³/mol. The molecule has 2 aromatic heterocycles. The van der Waals surface area contributed by atoms with Crippen molar-refractivity contribution in [2.24, 2.45) is 0 Å². The Morgan fingerprint density at radius 3 is 2.33 bits per heavy atom. The normalized spacial score (nSPS) is 11.6. The number of rotatable bonds is 6. The van der Waals surface area contributed by atoms with Gasteiger partial charge in [0, 0.05) is 30.0 Å². The number of nitrogens with one attached hydrogen (secondary N) is 1. The summed E-state index contributed by atoms with van der Waals surface area (Å²) in [7, 11) is 0. The zero-order valence-corrected chi connectivity index (χ0v) is 20.6. The van der Waals surface area contributed by atoms with E-state index in [4.69, 9.17) is 0 Å². The molecule has 0 bridgehead atoms. The lowest BCUT2D eigenvalue weighted by molar-refractivity contribution is -0.136. The molecule has 0 aliphatic rings. The van der Waals surface area contributed by atoms with Crippen molar-refractivity contribution in [3.05, 3.63) is 124 Å². The maximum Gasteiger partial charge on any atom is 0.418 e. The van der Waals surface area contributed by atoms with Gasteiger partial charge in [0.1, 0.15) is 4.60 Å². The fourth-order valence-electron chi connectivity index (χ4n) is 4.28. The van der Waals surface area contributed by atoms with Gasteiger partial charge in [0.05, 0.1) is 11.1 Å². The molecule has 0 fully saturated rings. The van der Waals surface area contributed by atoms with Crippen LogP contribution in [0.1, 0.15) is 22.3 Å². The molecule has 0 spiro atoms. The third-order valence-corrected chi connectivity index (χ3v) is 6.42. The van der Waals surface area contributed by atoms with Crippen LogP contribution in [0.25, 0.3) is 22.0 Å². The zero-order chi connectivity index (χ0) is 25.1. The van der Waals surface area contributed by atoms with Gasteiger partial charge >= 0.3 is 6.18 Å². The second-order valence-corrected chi connectivity index (χ2v) is 9.26. The lowest BCUT2D eigenvalue weighted by Gasteiger charge is -2.17. The fraction of sp³-hybridized carbons (Fsp3) is 0.103. The molecule has 0 saturated heterocycles. The monoisotopic (exact) mass is 547 g/mol. The van der Waals surface area contributed by atoms with E-state index in [9.17, 15) is 13.2 Å². The van der Waals surface area contributed by atoms with Gasteiger partial charge in [-0.15, -0.1) is 0 Å². The summed E-state index contributed by atoms with van der Waals surface area (Å²) >= 11 is 3.34. The van der Waals surface area contributed by atoms with Crippen molar-refractivity contribution in [1.29, 1.82) is 0 Å². The van der Waals surface area contributed by atoms with Crippen LogP contribution >= 0.6 is 15.9 Å². The van der Waals surface area contributed by atoms with Crippen LogP contribution in [-0.4, -0.2) is 9.97 Å². The van der Waals surface area contributed by atoms with E-state index in [2.05, 4.69) is 31.2 Å². The Balaban J connectivity index is 1.60. The third-order valence-electron chi connectivity index (χ3n) is 5.96. The van der Waals surface area contributed by atoms with Crippen molar-refractivity contribution in [1.82, 2.24) is 9.97 Å². The molecule has 2 heterocycles. The van der Waals surface area contributed by atoms with Crippen LogP contribution in [0.3, 0.4) is 0 Å². The van der Waals surface area contributed by atoms with Gasteiger partial charge in [0.15, 0.2) is 0 Å². The molecule has 5 rings (SSSR count). The minimum Gasteiger partial charge on any atom is -0.381 e. The maximum atomic E-state index is 13.8. The number of nitrogens with zero attached hydrogens (tertiary/aromatic N) is 2. The van der Waals surface area contributed by atoms with Gasteiger partial charge in [-0.1, -0.05) is 60.7 Å². The second kappa shape index (κ2) is 10.1. The van der Waals surface area contributed by atoms with Crippen LogP contribution in [0.4, 0.5) is 18.9 Å². The highest BCUT2D eigenvalue weighted by Gasteiger charge is 2.33. The summed E-state index contributed by atoms with van der Waals surface area (Å²) in [6.45, 7) is 0.565. The number of benzene rings is 3. The molecule has 0 amide bonds. The molecule has 0 atom stereocenters. The maximum absolute atomic E-state index is 13.8. The van der Waals surface area contributed by atoms with Crippen LogP contribution in [0.5, 0.6) is 0 Å². The second-order valence-electron chi connectivity index (χ2n) is 8.44. The minimum absolute atomic E-state index is 0.0453. The number of hydrogen-bond donors (Lipinski definition) is 1. The average Bonchev–Trinajstić information content (AvgIpc) is 2.88. The molecule has 7 heteroatoms. The summed E-state index contributed by atoms with van der Waals surface area (Å²) in [5, 5.41) is 3.87. The Morgan fingerprint density at radius 1 is 0.778 bits per heavy atom. The minimum atomic E-state index is -4.49. The highest BCUT2D eigenvalue weighted by Crippen LogP contribution is 2.39. The molecule has 1 N–H and O–H groups in total. The molecule has 0 aliphatic carbocycles. The van der Waals surface area contributed by atoms with Crippen molar-refractivity contribution < 1.29 is 13.2 Å². The van der Waals surface area contributed by atoms with Gasteiger partial charge in [0.2, 0.25) is 0 Å². The van der Waals surface area contributed by atoms with Crippen molar-refractivity contribution >= 4 is 32.5 Å². The van der Waals surface area contributed by atoms with Crippen LogP contribution < -0.4 is 5.32 Å². The largest absolute Gasteiger partial charge is 0.418 e. The molecule has 3 nitrogen and oxygen atoms in total. The number of aromatic nitrogens is 2. The van der Waals surface area contributed by atoms with Crippen molar-refractivity contribution in [2.75, 3.05) is 5.32 Å². The van der Waals surface area contributed by atoms with Gasteiger partial charge < -0.3 is 5.32 Å². The predicted octanol–water partition coefficient (Wildman–Crippen LogP) is 8.28. The summed E-state index contributed by atoms with van der Waals surface area (Å²) in [6.07, 6.45) is -0.578. The first kappa shape index (κ1) is 24.0. The first-order chi connectivity index (χ1) is 17.4. The molecular weight excluding hydrogens is 527 g/mol. The summed E-state index contributed by atoms with van der Waals surface area (Å²) in [4.78, 5) is 8.54. The molecule has 0 radical (unpaired) electrons. The third kappa shape index (κ3) is 5.26. The fourth-order valence-corrected chi connectivity index (χ4v) is 4.52. The van der Waals surface area contributed by atoms with E-state index in [-0.39, 0.29) is 5.52 Å². The van der Waals surface area contributed by atoms with Gasteiger partial charge in [0.25, 0.3) is 0 Å². The standard InChI is InChI=1S/C29H21BrF3N3/c30-26-13-12-20(17-35-26)16-34-23-9-4-8-21(15-23)27-22(14-19-6-2-1-3-7-19)18-36-28-24(27)10-5-11-25(28)29(31,32)33/h1-13,15,17-18,34H,14,16H2. The van der Waals surface area contributed by atoms with Crippen molar-refractivity contribution in [3.63, 3.8) is 0 Å². The van der Waals surface area contributed by atoms with Crippen molar-refractivity contribution in [3.8, 4) is 11.1 Å². The number of para-hydroxylation sites is 1. The van der Waals surface area contributed by atoms with Crippen LogP contribution in [-0.2, 0) is 19.1 Å². The molecule has 36 heavy (non-hydrogen) atoms. The lowest BCUT2D eigenvalue weighted by Crippen LogP contribution is -2.07. The Kier molecular flexibility index (Phi) is 6.74. The van der Waals surface area contributed by atoms with E-state index in [1.165, 1.54) is 6.07 Å². The molecule has 5 aromatic rings. The topological polar surface area (TPSA) is 37.8 Å². The Bertz CT molecular complexity index is 1500. The Labute approximate surface area is 215 Å². The van der Waals surface area contributed by atoms with E-state index in [1.54, 1.807) is 18.5 Å². The molecular formula is C29H21BrF3N3. The number of halogens is 4. The SMILES string of the molecule is FC(F)(F)c1cccc2c(-c3cccc(NCc4ccc(Br)nc4)c3)c(Cc3ccccc3)cnc12. The number of alkyl halides is 3. The molecule has 0 aliphatic heterocycles. The number of anilines is 1. The number of hydrogen-bond acceptors (Lipinski definition) is 3. The summed E-state index contributed by atoms with van der Waals surface area (Å²) in [5.74, 6) is 0. The first-order valence-corrected chi connectivity index (χ1v) is 12.1. The van der Waals surface area contributed by atoms with Gasteiger partial charge in [-0.3, -0.25) is 4.98 Å². The molecule has 180 valence electrons. The van der Waals surface area contributed by atoms with Gasteiger partial charge in [-0.2, -0.15) is 13.2 Å². The molecule has 3 aromatic carbocycles. The molecule has 0 saturated carbocycles. The highest BCUT2D eigenvalue weighted by atomic mass is 79.9. The van der Waals surface area contributed by atoms with Gasteiger partial charge in [-0.25, -0.2) is 4.98 Å². The lowest BCUT2D eigenvalue weighted by atomic mass is 9.91. The van der Waals surface area contributed by atoms with E-state index in [0.29, 0.717) is 18.4 Å². The number of pyridine rings is 2. The van der Waals surface area contributed by atoms with E-state index >= 15 is 0 Å². The summed E-state index contributed by atoms with van der Waals surface area (Å²) in [6, 6.07) is 25.7. The first-order valence-electron chi connectivity index (χ1n) is 11.3. The summed E-state index contributed by atoms with van der Waals surface area (Å²) < 4.78 is 42.1. The highest BCUT2D eigenvalue weighted by molar-refractivity contribution is 9.10. The van der Waals surface area contributed by atoms with E-state index in [1.807, 2.05) is 66.7 Å². The number of fused-ring (bicyclic) bond motifs is 1. The van der Waals surface area contributed by atoms with Gasteiger partial charge in [-0.05, 0) is 74.4 Å². The zero-order valence-electron chi connectivity index (χ0n) is 19.1. The Hall–Kier alpha value is -3.71. The van der Waals surface area contributed by atoms with Crippen molar-refractivity contribution in [2.45, 2.75) is 19.1 Å². The van der Waals surface area contributed by atoms with Crippen LogP contribution in [0.15, 0.2) is 102 Å². The Morgan fingerprint density at radius 2 is 1.58 bits per heavy atom. The van der Waals surface area contributed by atoms with Crippen LogP contribution in [0, 0.1) is 0 Å². The van der Waals surface area contributed by atoms with E-state index < -0.39 is 11.7 Å². The van der Waals surface area contributed by atoms with Crippen LogP contribution in [0.2, 0.25) is 0 Å². The average molecular weight is 548 g/mol. The smallest absolute Gasteiger partial charge is 0.381 e. The summed E-state index contributed by atoms with van der Waals surface area (Å²) in [5.41, 5.74) is 4.60.